The molecule has 1 amide bonds. The molecule has 5 heteroatoms. The summed E-state index contributed by atoms with van der Waals surface area (Å²) in [7, 11) is 0. The molecule has 0 bridgehead atoms. The lowest BCUT2D eigenvalue weighted by Gasteiger charge is -2.13. The fourth-order valence-corrected chi connectivity index (χ4v) is 5.23. The van der Waals surface area contributed by atoms with Crippen molar-refractivity contribution in [1.29, 1.82) is 0 Å². The molecule has 0 unspecified atom stereocenters. The Kier molecular flexibility index (Phi) is 13.3. The van der Waals surface area contributed by atoms with Crippen molar-refractivity contribution in [2.45, 2.75) is 97.4 Å². The number of ether oxygens (including phenoxy) is 1. The SMILES string of the molecule is CCCCCCCCCCCCCCOc1ccccc1NC(=O)c1cccc(C[n+]2ccsc2C)c1. The molecular formula is C32H45N2O2S+. The first-order valence-electron chi connectivity index (χ1n) is 14.2. The van der Waals surface area contributed by atoms with Gasteiger partial charge in [-0.3, -0.25) is 4.79 Å². The number of aryl methyl sites for hydroxylation is 1. The average molecular weight is 522 g/mol. The molecule has 0 aliphatic rings. The van der Waals surface area contributed by atoms with E-state index >= 15 is 0 Å². The second-order valence-corrected chi connectivity index (χ2v) is 11.0. The smallest absolute Gasteiger partial charge is 0.255 e. The van der Waals surface area contributed by atoms with E-state index in [-0.39, 0.29) is 5.91 Å². The van der Waals surface area contributed by atoms with Gasteiger partial charge in [0, 0.05) is 18.1 Å². The molecule has 0 saturated heterocycles. The minimum Gasteiger partial charge on any atom is -0.491 e. The Hall–Kier alpha value is -2.66. The fraction of sp³-hybridized carbons (Fsp3) is 0.500. The van der Waals surface area contributed by atoms with Crippen molar-refractivity contribution in [3.05, 3.63) is 76.2 Å². The second kappa shape index (κ2) is 17.0. The van der Waals surface area contributed by atoms with Crippen molar-refractivity contribution in [1.82, 2.24) is 0 Å². The van der Waals surface area contributed by atoms with Gasteiger partial charge in [-0.2, -0.15) is 4.57 Å². The number of aromatic nitrogens is 1. The predicted molar refractivity (Wildman–Crippen MR) is 156 cm³/mol. The summed E-state index contributed by atoms with van der Waals surface area (Å²) in [5.41, 5.74) is 2.48. The number of hydrogen-bond donors (Lipinski definition) is 1. The van der Waals surface area contributed by atoms with Crippen LogP contribution in [0.1, 0.15) is 105 Å². The van der Waals surface area contributed by atoms with Crippen LogP contribution in [0.25, 0.3) is 0 Å². The molecule has 0 spiro atoms. The van der Waals surface area contributed by atoms with Gasteiger partial charge >= 0.3 is 0 Å². The largest absolute Gasteiger partial charge is 0.491 e. The summed E-state index contributed by atoms with van der Waals surface area (Å²) in [5, 5.41) is 6.38. The Morgan fingerprint density at radius 3 is 2.22 bits per heavy atom. The molecular weight excluding hydrogens is 476 g/mol. The van der Waals surface area contributed by atoms with Crippen molar-refractivity contribution in [3.63, 3.8) is 0 Å². The zero-order valence-electron chi connectivity index (χ0n) is 22.8. The molecule has 4 nitrogen and oxygen atoms in total. The van der Waals surface area contributed by atoms with E-state index in [1.165, 1.54) is 75.6 Å². The first-order chi connectivity index (χ1) is 18.2. The lowest BCUT2D eigenvalue weighted by Crippen LogP contribution is -2.34. The van der Waals surface area contributed by atoms with Crippen molar-refractivity contribution >= 4 is 22.9 Å². The minimum atomic E-state index is -0.115. The molecule has 1 N–H and O–H groups in total. The Morgan fingerprint density at radius 1 is 0.865 bits per heavy atom. The van der Waals surface area contributed by atoms with Gasteiger partial charge in [-0.25, -0.2) is 0 Å². The Morgan fingerprint density at radius 2 is 1.54 bits per heavy atom. The van der Waals surface area contributed by atoms with Gasteiger partial charge in [-0.05, 0) is 30.7 Å². The molecule has 0 saturated carbocycles. The Labute approximate surface area is 228 Å². The van der Waals surface area contributed by atoms with E-state index in [4.69, 9.17) is 4.74 Å². The summed E-state index contributed by atoms with van der Waals surface area (Å²) in [4.78, 5) is 13.0. The molecule has 3 rings (SSSR count). The van der Waals surface area contributed by atoms with Crippen LogP contribution in [0.15, 0.2) is 60.1 Å². The highest BCUT2D eigenvalue weighted by atomic mass is 32.1. The highest BCUT2D eigenvalue weighted by Gasteiger charge is 2.13. The van der Waals surface area contributed by atoms with Gasteiger partial charge in [-0.1, -0.05) is 113 Å². The van der Waals surface area contributed by atoms with Crippen LogP contribution in [0.2, 0.25) is 0 Å². The van der Waals surface area contributed by atoms with Gasteiger partial charge in [0.2, 0.25) is 5.01 Å². The number of para-hydroxylation sites is 2. The first-order valence-corrected chi connectivity index (χ1v) is 15.1. The Bertz CT molecular complexity index is 1060. The summed E-state index contributed by atoms with van der Waals surface area (Å²) in [6.45, 7) is 5.82. The number of unbranched alkanes of at least 4 members (excludes halogenated alkanes) is 11. The molecule has 0 radical (unpaired) electrons. The Balaban J connectivity index is 1.36. The van der Waals surface area contributed by atoms with Crippen molar-refractivity contribution in [3.8, 4) is 5.75 Å². The van der Waals surface area contributed by atoms with E-state index in [1.807, 2.05) is 42.5 Å². The van der Waals surface area contributed by atoms with Gasteiger partial charge in [0.05, 0.1) is 17.7 Å². The lowest BCUT2D eigenvalue weighted by molar-refractivity contribution is -0.689. The molecule has 2 aromatic carbocycles. The quantitative estimate of drug-likeness (QED) is 0.134. The zero-order chi connectivity index (χ0) is 26.1. The van der Waals surface area contributed by atoms with Crippen LogP contribution in [0.3, 0.4) is 0 Å². The van der Waals surface area contributed by atoms with E-state index in [0.29, 0.717) is 12.2 Å². The van der Waals surface area contributed by atoms with Crippen LogP contribution in [-0.4, -0.2) is 12.5 Å². The maximum atomic E-state index is 13.0. The molecule has 0 atom stereocenters. The van der Waals surface area contributed by atoms with Crippen molar-refractivity contribution in [2.24, 2.45) is 0 Å². The maximum Gasteiger partial charge on any atom is 0.255 e. The third-order valence-corrected chi connectivity index (χ3v) is 7.65. The highest BCUT2D eigenvalue weighted by Crippen LogP contribution is 2.25. The van der Waals surface area contributed by atoms with Crippen molar-refractivity contribution < 1.29 is 14.1 Å². The highest BCUT2D eigenvalue weighted by molar-refractivity contribution is 7.09. The molecule has 1 aromatic heterocycles. The topological polar surface area (TPSA) is 42.2 Å². The van der Waals surface area contributed by atoms with Gasteiger partial charge in [-0.15, -0.1) is 0 Å². The van der Waals surface area contributed by atoms with Gasteiger partial charge in [0.25, 0.3) is 5.91 Å². The van der Waals surface area contributed by atoms with E-state index in [2.05, 4.69) is 41.4 Å². The minimum absolute atomic E-state index is 0.115. The number of benzene rings is 2. The van der Waals surface area contributed by atoms with E-state index in [9.17, 15) is 4.79 Å². The maximum absolute atomic E-state index is 13.0. The number of hydrogen-bond acceptors (Lipinski definition) is 3. The lowest BCUT2D eigenvalue weighted by atomic mass is 10.1. The standard InChI is InChI=1S/C32H44N2O2S/c1-3-4-5-6-7-8-9-10-11-12-13-16-23-36-31-21-15-14-20-30(31)33-32(35)29-19-17-18-28(25-29)26-34-22-24-37-27(34)2/h14-15,17-22,24-25H,3-13,16,23,26H2,1-2H3/p+1. The number of amides is 1. The summed E-state index contributed by atoms with van der Waals surface area (Å²) in [5.74, 6) is 0.620. The zero-order valence-corrected chi connectivity index (χ0v) is 23.7. The van der Waals surface area contributed by atoms with Crippen LogP contribution in [0.5, 0.6) is 5.75 Å². The third kappa shape index (κ3) is 10.7. The summed E-state index contributed by atoms with van der Waals surface area (Å²) >= 11 is 1.72. The van der Waals surface area contributed by atoms with Crippen LogP contribution in [0, 0.1) is 6.92 Å². The number of nitrogens with zero attached hydrogens (tertiary/aromatic N) is 1. The predicted octanol–water partition coefficient (Wildman–Crippen LogP) is 8.72. The number of carbonyl (C=O) groups excluding carboxylic acids is 1. The fourth-order valence-electron chi connectivity index (χ4n) is 4.56. The van der Waals surface area contributed by atoms with Crippen molar-refractivity contribution in [2.75, 3.05) is 11.9 Å². The summed E-state index contributed by atoms with van der Waals surface area (Å²) < 4.78 is 8.25. The molecule has 200 valence electrons. The number of carbonyl (C=O) groups is 1. The monoisotopic (exact) mass is 521 g/mol. The molecule has 3 aromatic rings. The van der Waals surface area contributed by atoms with Crippen LogP contribution in [0.4, 0.5) is 5.69 Å². The van der Waals surface area contributed by atoms with E-state index in [1.54, 1.807) is 11.3 Å². The second-order valence-electron chi connectivity index (χ2n) is 9.94. The molecule has 1 heterocycles. The summed E-state index contributed by atoms with van der Waals surface area (Å²) in [6.07, 6.45) is 18.0. The number of rotatable bonds is 18. The van der Waals surface area contributed by atoms with Crippen LogP contribution < -0.4 is 14.6 Å². The van der Waals surface area contributed by atoms with E-state index < -0.39 is 0 Å². The summed E-state index contributed by atoms with van der Waals surface area (Å²) in [6, 6.07) is 15.6. The molecule has 0 fully saturated rings. The van der Waals surface area contributed by atoms with Crippen LogP contribution >= 0.6 is 11.3 Å². The number of nitrogens with one attached hydrogen (secondary N) is 1. The van der Waals surface area contributed by atoms with Gasteiger partial charge in [0.15, 0.2) is 12.7 Å². The van der Waals surface area contributed by atoms with Gasteiger partial charge < -0.3 is 10.1 Å². The average Bonchev–Trinajstić information content (AvgIpc) is 3.31. The van der Waals surface area contributed by atoms with E-state index in [0.717, 1.165) is 30.0 Å². The third-order valence-electron chi connectivity index (χ3n) is 6.82. The molecule has 37 heavy (non-hydrogen) atoms. The first kappa shape index (κ1) is 28.9. The number of anilines is 1. The molecule has 0 aliphatic heterocycles. The number of thiazole rings is 1. The molecule has 0 aliphatic carbocycles. The normalized spacial score (nSPS) is 11.0. The van der Waals surface area contributed by atoms with Gasteiger partial charge in [0.1, 0.15) is 5.75 Å². The van der Waals surface area contributed by atoms with Crippen LogP contribution in [-0.2, 0) is 6.54 Å².